The summed E-state index contributed by atoms with van der Waals surface area (Å²) in [5.74, 6) is 1.39. The summed E-state index contributed by atoms with van der Waals surface area (Å²) in [4.78, 5) is 9.22. The Kier molecular flexibility index (Phi) is 3.51. The molecule has 0 aliphatic heterocycles. The standard InChI is InChI=1S/C15H16BrN3/c16-11-6-4-5-10(9-11)15-18-13-8-3-1-2-7-12(13)14(17)19-15/h4-6,9H,1-3,7-8H2,(H2,17,18,19). The van der Waals surface area contributed by atoms with Crippen LogP contribution in [0.15, 0.2) is 28.7 Å². The number of nitrogens with zero attached hydrogens (tertiary/aromatic N) is 2. The molecule has 3 rings (SSSR count). The van der Waals surface area contributed by atoms with Crippen molar-refractivity contribution >= 4 is 21.7 Å². The van der Waals surface area contributed by atoms with E-state index in [0.717, 1.165) is 40.0 Å². The highest BCUT2D eigenvalue weighted by atomic mass is 79.9. The molecule has 1 aromatic heterocycles. The molecule has 0 saturated heterocycles. The SMILES string of the molecule is Nc1nc(-c2cccc(Br)c2)nc2c1CCCCC2. The average Bonchev–Trinajstić information content (AvgIpc) is 2.64. The zero-order chi connectivity index (χ0) is 13.2. The number of aryl methyl sites for hydroxylation is 1. The molecule has 1 aliphatic carbocycles. The summed E-state index contributed by atoms with van der Waals surface area (Å²) in [6.07, 6.45) is 5.67. The van der Waals surface area contributed by atoms with Crippen LogP contribution in [0.2, 0.25) is 0 Å². The van der Waals surface area contributed by atoms with Crippen molar-refractivity contribution in [2.45, 2.75) is 32.1 Å². The molecule has 3 nitrogen and oxygen atoms in total. The van der Waals surface area contributed by atoms with E-state index < -0.39 is 0 Å². The summed E-state index contributed by atoms with van der Waals surface area (Å²) in [6.45, 7) is 0. The van der Waals surface area contributed by atoms with Crippen LogP contribution in [-0.4, -0.2) is 9.97 Å². The summed E-state index contributed by atoms with van der Waals surface area (Å²) < 4.78 is 1.03. The van der Waals surface area contributed by atoms with Crippen LogP contribution in [0.4, 0.5) is 5.82 Å². The average molecular weight is 318 g/mol. The second kappa shape index (κ2) is 5.29. The third kappa shape index (κ3) is 2.63. The van der Waals surface area contributed by atoms with Gasteiger partial charge in [-0.05, 0) is 37.8 Å². The highest BCUT2D eigenvalue weighted by Crippen LogP contribution is 2.27. The van der Waals surface area contributed by atoms with Crippen LogP contribution in [0.25, 0.3) is 11.4 Å². The predicted molar refractivity (Wildman–Crippen MR) is 80.8 cm³/mol. The van der Waals surface area contributed by atoms with Crippen molar-refractivity contribution in [3.63, 3.8) is 0 Å². The molecule has 0 radical (unpaired) electrons. The zero-order valence-electron chi connectivity index (χ0n) is 10.7. The number of benzene rings is 1. The third-order valence-electron chi connectivity index (χ3n) is 3.55. The van der Waals surface area contributed by atoms with E-state index >= 15 is 0 Å². The van der Waals surface area contributed by atoms with Crippen molar-refractivity contribution in [1.29, 1.82) is 0 Å². The molecule has 19 heavy (non-hydrogen) atoms. The van der Waals surface area contributed by atoms with Crippen molar-refractivity contribution in [2.75, 3.05) is 5.73 Å². The fraction of sp³-hybridized carbons (Fsp3) is 0.333. The van der Waals surface area contributed by atoms with Gasteiger partial charge in [-0.15, -0.1) is 0 Å². The van der Waals surface area contributed by atoms with E-state index in [4.69, 9.17) is 10.7 Å². The second-order valence-corrected chi connectivity index (χ2v) is 5.84. The maximum Gasteiger partial charge on any atom is 0.161 e. The molecule has 2 N–H and O–H groups in total. The number of hydrogen-bond donors (Lipinski definition) is 1. The van der Waals surface area contributed by atoms with Crippen LogP contribution in [-0.2, 0) is 12.8 Å². The number of nitrogen functional groups attached to an aromatic ring is 1. The van der Waals surface area contributed by atoms with E-state index in [9.17, 15) is 0 Å². The van der Waals surface area contributed by atoms with Crippen LogP contribution in [0, 0.1) is 0 Å². The molecule has 0 bridgehead atoms. The minimum atomic E-state index is 0.655. The molecule has 0 unspecified atom stereocenters. The maximum atomic E-state index is 6.12. The first-order chi connectivity index (χ1) is 9.24. The number of halogens is 1. The van der Waals surface area contributed by atoms with E-state index in [2.05, 4.69) is 20.9 Å². The molecule has 1 aromatic carbocycles. The molecular formula is C15H16BrN3. The van der Waals surface area contributed by atoms with Gasteiger partial charge in [-0.25, -0.2) is 9.97 Å². The van der Waals surface area contributed by atoms with Crippen LogP contribution in [0.5, 0.6) is 0 Å². The van der Waals surface area contributed by atoms with Crippen LogP contribution >= 0.6 is 15.9 Å². The third-order valence-corrected chi connectivity index (χ3v) is 4.04. The Bertz CT molecular complexity index is 610. The summed E-state index contributed by atoms with van der Waals surface area (Å²) in [5, 5.41) is 0. The first kappa shape index (κ1) is 12.6. The Morgan fingerprint density at radius 2 is 1.89 bits per heavy atom. The summed E-state index contributed by atoms with van der Waals surface area (Å²) in [6, 6.07) is 8.03. The number of rotatable bonds is 1. The lowest BCUT2D eigenvalue weighted by Crippen LogP contribution is -2.06. The van der Waals surface area contributed by atoms with Crippen LogP contribution < -0.4 is 5.73 Å². The van der Waals surface area contributed by atoms with Crippen molar-refractivity contribution in [1.82, 2.24) is 9.97 Å². The largest absolute Gasteiger partial charge is 0.383 e. The second-order valence-electron chi connectivity index (χ2n) is 4.93. The molecule has 4 heteroatoms. The van der Waals surface area contributed by atoms with E-state index in [0.29, 0.717) is 5.82 Å². The van der Waals surface area contributed by atoms with Gasteiger partial charge >= 0.3 is 0 Å². The van der Waals surface area contributed by atoms with Gasteiger partial charge < -0.3 is 5.73 Å². The predicted octanol–water partition coefficient (Wildman–Crippen LogP) is 3.76. The highest BCUT2D eigenvalue weighted by Gasteiger charge is 2.15. The molecule has 98 valence electrons. The Balaban J connectivity index is 2.09. The van der Waals surface area contributed by atoms with Gasteiger partial charge in [0.25, 0.3) is 0 Å². The van der Waals surface area contributed by atoms with Gasteiger partial charge in [0.1, 0.15) is 5.82 Å². The van der Waals surface area contributed by atoms with Gasteiger partial charge in [0.15, 0.2) is 5.82 Å². The molecule has 1 heterocycles. The van der Waals surface area contributed by atoms with Crippen molar-refractivity contribution in [3.8, 4) is 11.4 Å². The lowest BCUT2D eigenvalue weighted by molar-refractivity contribution is 0.709. The smallest absolute Gasteiger partial charge is 0.161 e. The Morgan fingerprint density at radius 3 is 2.74 bits per heavy atom. The minimum Gasteiger partial charge on any atom is -0.383 e. The Labute approximate surface area is 121 Å². The molecule has 0 fully saturated rings. The monoisotopic (exact) mass is 317 g/mol. The Morgan fingerprint density at radius 1 is 1.05 bits per heavy atom. The Hall–Kier alpha value is -1.42. The molecule has 0 spiro atoms. The lowest BCUT2D eigenvalue weighted by atomic mass is 10.1. The molecule has 1 aliphatic rings. The first-order valence-corrected chi connectivity index (χ1v) is 7.44. The molecule has 0 saturated carbocycles. The number of aromatic nitrogens is 2. The van der Waals surface area contributed by atoms with Gasteiger partial charge in [-0.3, -0.25) is 0 Å². The molecule has 0 atom stereocenters. The van der Waals surface area contributed by atoms with E-state index in [1.165, 1.54) is 19.3 Å². The van der Waals surface area contributed by atoms with E-state index in [1.54, 1.807) is 0 Å². The summed E-state index contributed by atoms with van der Waals surface area (Å²) in [5.41, 5.74) is 9.43. The summed E-state index contributed by atoms with van der Waals surface area (Å²) >= 11 is 3.48. The number of nitrogens with two attached hydrogens (primary N) is 1. The fourth-order valence-corrected chi connectivity index (χ4v) is 2.96. The molecule has 0 amide bonds. The highest BCUT2D eigenvalue weighted by molar-refractivity contribution is 9.10. The zero-order valence-corrected chi connectivity index (χ0v) is 12.3. The van der Waals surface area contributed by atoms with Gasteiger partial charge in [0, 0.05) is 21.3 Å². The van der Waals surface area contributed by atoms with Gasteiger partial charge in [0.2, 0.25) is 0 Å². The van der Waals surface area contributed by atoms with Crippen molar-refractivity contribution in [2.24, 2.45) is 0 Å². The minimum absolute atomic E-state index is 0.655. The normalized spacial score (nSPS) is 14.8. The van der Waals surface area contributed by atoms with Crippen LogP contribution in [0.1, 0.15) is 30.5 Å². The number of fused-ring (bicyclic) bond motifs is 1. The number of hydrogen-bond acceptors (Lipinski definition) is 3. The molecule has 2 aromatic rings. The maximum absolute atomic E-state index is 6.12. The fourth-order valence-electron chi connectivity index (χ4n) is 2.56. The summed E-state index contributed by atoms with van der Waals surface area (Å²) in [7, 11) is 0. The topological polar surface area (TPSA) is 51.8 Å². The van der Waals surface area contributed by atoms with Crippen molar-refractivity contribution in [3.05, 3.63) is 40.0 Å². The van der Waals surface area contributed by atoms with Crippen LogP contribution in [0.3, 0.4) is 0 Å². The number of anilines is 1. The quantitative estimate of drug-likeness (QED) is 0.815. The first-order valence-electron chi connectivity index (χ1n) is 6.65. The van der Waals surface area contributed by atoms with Gasteiger partial charge in [0.05, 0.1) is 0 Å². The van der Waals surface area contributed by atoms with E-state index in [1.807, 2.05) is 24.3 Å². The van der Waals surface area contributed by atoms with Gasteiger partial charge in [-0.1, -0.05) is 34.5 Å². The van der Waals surface area contributed by atoms with E-state index in [-0.39, 0.29) is 0 Å². The van der Waals surface area contributed by atoms with Gasteiger partial charge in [-0.2, -0.15) is 0 Å². The lowest BCUT2D eigenvalue weighted by Gasteiger charge is -2.10. The van der Waals surface area contributed by atoms with Crippen molar-refractivity contribution < 1.29 is 0 Å². The molecular weight excluding hydrogens is 302 g/mol.